The van der Waals surface area contributed by atoms with Gasteiger partial charge in [0.15, 0.2) is 0 Å². The minimum absolute atomic E-state index is 0.0396. The van der Waals surface area contributed by atoms with Gasteiger partial charge in [-0.3, -0.25) is 9.78 Å². The highest BCUT2D eigenvalue weighted by Gasteiger charge is 2.33. The van der Waals surface area contributed by atoms with E-state index in [0.29, 0.717) is 0 Å². The smallest absolute Gasteiger partial charge is 0.255 e. The first-order chi connectivity index (χ1) is 12.2. The van der Waals surface area contributed by atoms with Gasteiger partial charge in [-0.2, -0.15) is 11.3 Å². The molecule has 0 aliphatic carbocycles. The van der Waals surface area contributed by atoms with E-state index in [1.165, 1.54) is 0 Å². The fourth-order valence-electron chi connectivity index (χ4n) is 3.46. The summed E-state index contributed by atoms with van der Waals surface area (Å²) >= 11 is 1.56. The highest BCUT2D eigenvalue weighted by atomic mass is 32.1. The molecular formula is C19H20N4OS. The second-order valence-electron chi connectivity index (χ2n) is 6.37. The van der Waals surface area contributed by atoms with Crippen LogP contribution in [0.1, 0.15) is 46.3 Å². The SMILES string of the molecule is Cc1cnc(C2CCCN2C(=O)c2ccsc2)n1Cc1cccnc1. The van der Waals surface area contributed by atoms with E-state index < -0.39 is 0 Å². The molecule has 3 aromatic heterocycles. The molecule has 1 unspecified atom stereocenters. The zero-order valence-corrected chi connectivity index (χ0v) is 14.9. The summed E-state index contributed by atoms with van der Waals surface area (Å²) in [5.41, 5.74) is 3.02. The Hall–Kier alpha value is -2.47. The number of aryl methyl sites for hydroxylation is 1. The monoisotopic (exact) mass is 352 g/mol. The van der Waals surface area contributed by atoms with Crippen LogP contribution in [0.15, 0.2) is 47.5 Å². The van der Waals surface area contributed by atoms with E-state index in [1.807, 2.05) is 40.2 Å². The minimum Gasteiger partial charge on any atom is -0.328 e. The molecule has 1 saturated heterocycles. The summed E-state index contributed by atoms with van der Waals surface area (Å²) in [7, 11) is 0. The predicted octanol–water partition coefficient (Wildman–Crippen LogP) is 3.67. The van der Waals surface area contributed by atoms with E-state index >= 15 is 0 Å². The highest BCUT2D eigenvalue weighted by Crippen LogP contribution is 2.33. The van der Waals surface area contributed by atoms with Crippen LogP contribution in [0, 0.1) is 6.92 Å². The molecule has 0 saturated carbocycles. The zero-order valence-electron chi connectivity index (χ0n) is 14.1. The summed E-state index contributed by atoms with van der Waals surface area (Å²) in [5, 5.41) is 3.87. The molecule has 5 nitrogen and oxygen atoms in total. The highest BCUT2D eigenvalue weighted by molar-refractivity contribution is 7.08. The molecule has 0 bridgehead atoms. The molecule has 0 aromatic carbocycles. The molecule has 4 heterocycles. The summed E-state index contributed by atoms with van der Waals surface area (Å²) in [5.74, 6) is 1.08. The lowest BCUT2D eigenvalue weighted by atomic mass is 10.2. The average Bonchev–Trinajstić information content (AvgIpc) is 3.37. The Morgan fingerprint density at radius 1 is 1.36 bits per heavy atom. The van der Waals surface area contributed by atoms with E-state index in [9.17, 15) is 4.79 Å². The largest absolute Gasteiger partial charge is 0.328 e. The molecule has 0 spiro atoms. The summed E-state index contributed by atoms with van der Waals surface area (Å²) < 4.78 is 2.21. The molecule has 3 aromatic rings. The molecule has 1 aliphatic heterocycles. The number of likely N-dealkylation sites (tertiary alicyclic amines) is 1. The number of aromatic nitrogens is 3. The van der Waals surface area contributed by atoms with Gasteiger partial charge in [-0.1, -0.05) is 6.07 Å². The number of carbonyl (C=O) groups is 1. The molecule has 128 valence electrons. The maximum Gasteiger partial charge on any atom is 0.255 e. The van der Waals surface area contributed by atoms with Gasteiger partial charge in [0.1, 0.15) is 5.82 Å². The number of hydrogen-bond acceptors (Lipinski definition) is 4. The van der Waals surface area contributed by atoms with Crippen LogP contribution in [0.3, 0.4) is 0 Å². The normalized spacial score (nSPS) is 17.2. The Labute approximate surface area is 151 Å². The lowest BCUT2D eigenvalue weighted by molar-refractivity contribution is 0.0728. The lowest BCUT2D eigenvalue weighted by Crippen LogP contribution is -2.32. The molecule has 1 amide bonds. The number of thiophene rings is 1. The summed E-state index contributed by atoms with van der Waals surface area (Å²) in [6, 6.07) is 5.95. The number of amides is 1. The van der Waals surface area contributed by atoms with Crippen LogP contribution in [0.4, 0.5) is 0 Å². The van der Waals surface area contributed by atoms with Crippen LogP contribution in [0.2, 0.25) is 0 Å². The Bertz CT molecular complexity index is 857. The van der Waals surface area contributed by atoms with Gasteiger partial charge in [0.25, 0.3) is 5.91 Å². The summed E-state index contributed by atoms with van der Waals surface area (Å²) in [6.07, 6.45) is 7.53. The van der Waals surface area contributed by atoms with Gasteiger partial charge in [-0.15, -0.1) is 0 Å². The van der Waals surface area contributed by atoms with Crippen LogP contribution in [0.25, 0.3) is 0 Å². The van der Waals surface area contributed by atoms with Crippen molar-refractivity contribution in [1.82, 2.24) is 19.4 Å². The van der Waals surface area contributed by atoms with Crippen LogP contribution in [0.5, 0.6) is 0 Å². The van der Waals surface area contributed by atoms with Crippen LogP contribution >= 0.6 is 11.3 Å². The van der Waals surface area contributed by atoms with Gasteiger partial charge in [-0.25, -0.2) is 4.98 Å². The third-order valence-corrected chi connectivity index (χ3v) is 5.41. The Morgan fingerprint density at radius 3 is 3.04 bits per heavy atom. The average molecular weight is 352 g/mol. The second kappa shape index (κ2) is 6.80. The minimum atomic E-state index is 0.0396. The number of hydrogen-bond donors (Lipinski definition) is 0. The molecule has 1 aliphatic rings. The van der Waals surface area contributed by atoms with Gasteiger partial charge < -0.3 is 9.47 Å². The van der Waals surface area contributed by atoms with E-state index in [4.69, 9.17) is 0 Å². The molecule has 1 atom stereocenters. The predicted molar refractivity (Wildman–Crippen MR) is 97.6 cm³/mol. The molecule has 0 radical (unpaired) electrons. The molecule has 1 fully saturated rings. The third kappa shape index (κ3) is 3.09. The number of carbonyl (C=O) groups excluding carboxylic acids is 1. The van der Waals surface area contributed by atoms with Crippen molar-refractivity contribution in [3.63, 3.8) is 0 Å². The van der Waals surface area contributed by atoms with Gasteiger partial charge in [-0.05, 0) is 42.8 Å². The topological polar surface area (TPSA) is 51.0 Å². The molecule has 6 heteroatoms. The first kappa shape index (κ1) is 16.0. The quantitative estimate of drug-likeness (QED) is 0.720. The van der Waals surface area contributed by atoms with E-state index in [2.05, 4.69) is 27.5 Å². The van der Waals surface area contributed by atoms with Gasteiger partial charge in [0.2, 0.25) is 0 Å². The summed E-state index contributed by atoms with van der Waals surface area (Å²) in [4.78, 5) is 23.7. The van der Waals surface area contributed by atoms with Crippen molar-refractivity contribution in [2.75, 3.05) is 6.54 Å². The molecular weight excluding hydrogens is 332 g/mol. The number of rotatable bonds is 4. The van der Waals surface area contributed by atoms with Crippen LogP contribution in [-0.2, 0) is 6.54 Å². The fourth-order valence-corrected chi connectivity index (χ4v) is 4.09. The first-order valence-electron chi connectivity index (χ1n) is 8.48. The number of pyridine rings is 1. The van der Waals surface area contributed by atoms with E-state index in [0.717, 1.165) is 48.6 Å². The van der Waals surface area contributed by atoms with Gasteiger partial charge in [0.05, 0.1) is 18.2 Å². The zero-order chi connectivity index (χ0) is 17.2. The van der Waals surface area contributed by atoms with E-state index in [1.54, 1.807) is 17.5 Å². The standard InChI is InChI=1S/C19H20N4OS/c1-14-10-21-18(23(14)12-15-4-2-7-20-11-15)17-5-3-8-22(17)19(24)16-6-9-25-13-16/h2,4,6-7,9-11,13,17H,3,5,8,12H2,1H3. The lowest BCUT2D eigenvalue weighted by Gasteiger charge is -2.25. The van der Waals surface area contributed by atoms with Crippen LogP contribution < -0.4 is 0 Å². The Morgan fingerprint density at radius 2 is 2.28 bits per heavy atom. The molecule has 4 rings (SSSR count). The number of imidazole rings is 1. The first-order valence-corrected chi connectivity index (χ1v) is 9.42. The Balaban J connectivity index is 1.64. The summed E-state index contributed by atoms with van der Waals surface area (Å²) in [6.45, 7) is 3.58. The van der Waals surface area contributed by atoms with Crippen molar-refractivity contribution in [2.24, 2.45) is 0 Å². The van der Waals surface area contributed by atoms with Crippen molar-refractivity contribution < 1.29 is 4.79 Å². The second-order valence-corrected chi connectivity index (χ2v) is 7.15. The maximum absolute atomic E-state index is 12.9. The maximum atomic E-state index is 12.9. The van der Waals surface area contributed by atoms with Crippen molar-refractivity contribution >= 4 is 17.2 Å². The Kier molecular flexibility index (Phi) is 4.36. The molecule has 25 heavy (non-hydrogen) atoms. The van der Waals surface area contributed by atoms with Crippen LogP contribution in [-0.4, -0.2) is 31.9 Å². The van der Waals surface area contributed by atoms with Crippen molar-refractivity contribution in [2.45, 2.75) is 32.4 Å². The van der Waals surface area contributed by atoms with Crippen molar-refractivity contribution in [3.8, 4) is 0 Å². The van der Waals surface area contributed by atoms with Gasteiger partial charge >= 0.3 is 0 Å². The number of nitrogens with zero attached hydrogens (tertiary/aromatic N) is 4. The van der Waals surface area contributed by atoms with Crippen molar-refractivity contribution in [3.05, 3.63) is 70.2 Å². The fraction of sp³-hybridized carbons (Fsp3) is 0.316. The van der Waals surface area contributed by atoms with E-state index in [-0.39, 0.29) is 11.9 Å². The molecule has 0 N–H and O–H groups in total. The van der Waals surface area contributed by atoms with Crippen molar-refractivity contribution in [1.29, 1.82) is 0 Å². The third-order valence-electron chi connectivity index (χ3n) is 4.73. The van der Waals surface area contributed by atoms with Gasteiger partial charge in [0, 0.05) is 36.2 Å².